The van der Waals surface area contributed by atoms with Crippen LogP contribution in [0.1, 0.15) is 36.5 Å². The molecule has 1 heterocycles. The van der Waals surface area contributed by atoms with Crippen LogP contribution in [0.4, 0.5) is 0 Å². The van der Waals surface area contributed by atoms with Gasteiger partial charge in [-0.2, -0.15) is 0 Å². The van der Waals surface area contributed by atoms with Crippen molar-refractivity contribution < 1.29 is 4.79 Å². The summed E-state index contributed by atoms with van der Waals surface area (Å²) in [6.45, 7) is 2.14. The summed E-state index contributed by atoms with van der Waals surface area (Å²) in [7, 11) is 0. The van der Waals surface area contributed by atoms with Gasteiger partial charge in [-0.15, -0.1) is 11.6 Å². The summed E-state index contributed by atoms with van der Waals surface area (Å²) in [5.74, 6) is 0.356. The zero-order valence-electron chi connectivity index (χ0n) is 9.90. The molecule has 0 spiro atoms. The van der Waals surface area contributed by atoms with Gasteiger partial charge in [0.05, 0.1) is 10.9 Å². The molecule has 4 heteroatoms. The van der Waals surface area contributed by atoms with Gasteiger partial charge in [0.2, 0.25) is 0 Å². The molecule has 3 nitrogen and oxygen atoms in total. The minimum atomic E-state index is -0.0810. The number of halogens is 1. The lowest BCUT2D eigenvalue weighted by atomic mass is 9.85. The van der Waals surface area contributed by atoms with Gasteiger partial charge in [0, 0.05) is 18.4 Å². The first kappa shape index (κ1) is 12.4. The third kappa shape index (κ3) is 2.97. The molecule has 3 unspecified atom stereocenters. The van der Waals surface area contributed by atoms with Crippen LogP contribution < -0.4 is 5.32 Å². The largest absolute Gasteiger partial charge is 0.348 e. The van der Waals surface area contributed by atoms with Crippen LogP contribution in [0.2, 0.25) is 0 Å². The Labute approximate surface area is 107 Å². The maximum absolute atomic E-state index is 12.0. The van der Waals surface area contributed by atoms with Crippen LogP contribution in [-0.4, -0.2) is 22.3 Å². The van der Waals surface area contributed by atoms with Gasteiger partial charge >= 0.3 is 0 Å². The van der Waals surface area contributed by atoms with Gasteiger partial charge in [0.1, 0.15) is 0 Å². The Bertz CT molecular complexity index is 372. The van der Waals surface area contributed by atoms with E-state index in [1.54, 1.807) is 24.5 Å². The molecule has 92 valence electrons. The van der Waals surface area contributed by atoms with Crippen molar-refractivity contribution in [3.8, 4) is 0 Å². The summed E-state index contributed by atoms with van der Waals surface area (Å²) in [6.07, 6.45) is 6.48. The smallest absolute Gasteiger partial charge is 0.253 e. The highest BCUT2D eigenvalue weighted by Gasteiger charge is 2.30. The van der Waals surface area contributed by atoms with Crippen LogP contribution in [-0.2, 0) is 0 Å². The van der Waals surface area contributed by atoms with Gasteiger partial charge < -0.3 is 5.32 Å². The van der Waals surface area contributed by atoms with Crippen molar-refractivity contribution in [3.05, 3.63) is 30.1 Å². The van der Waals surface area contributed by atoms with Crippen molar-refractivity contribution in [3.63, 3.8) is 0 Å². The van der Waals surface area contributed by atoms with Gasteiger partial charge in [-0.1, -0.05) is 13.3 Å². The molecule has 1 aliphatic carbocycles. The van der Waals surface area contributed by atoms with Crippen molar-refractivity contribution in [1.82, 2.24) is 10.3 Å². The lowest BCUT2D eigenvalue weighted by molar-refractivity contribution is 0.0911. The second-order valence-electron chi connectivity index (χ2n) is 4.67. The van der Waals surface area contributed by atoms with Crippen molar-refractivity contribution in [1.29, 1.82) is 0 Å². The predicted molar refractivity (Wildman–Crippen MR) is 68.1 cm³/mol. The highest BCUT2D eigenvalue weighted by atomic mass is 35.5. The molecule has 1 saturated carbocycles. The number of carbonyl (C=O) groups excluding carboxylic acids is 1. The summed E-state index contributed by atoms with van der Waals surface area (Å²) in [6, 6.07) is 3.59. The zero-order valence-corrected chi connectivity index (χ0v) is 10.7. The normalized spacial score (nSPS) is 28.7. The number of nitrogens with zero attached hydrogens (tertiary/aromatic N) is 1. The van der Waals surface area contributed by atoms with Crippen LogP contribution in [0.25, 0.3) is 0 Å². The van der Waals surface area contributed by atoms with E-state index in [0.717, 1.165) is 19.3 Å². The second-order valence-corrected chi connectivity index (χ2v) is 5.23. The number of aromatic nitrogens is 1. The van der Waals surface area contributed by atoms with E-state index in [-0.39, 0.29) is 17.3 Å². The molecule has 17 heavy (non-hydrogen) atoms. The standard InChI is InChI=1S/C13H17ClN2O/c1-9-4-2-6-11(14)12(9)16-13(17)10-5-3-7-15-8-10/h3,5,7-9,11-12H,2,4,6H2,1H3,(H,16,17). The molecule has 1 aliphatic rings. The van der Waals surface area contributed by atoms with Gasteiger partial charge in [-0.25, -0.2) is 0 Å². The molecule has 2 rings (SSSR count). The average Bonchev–Trinajstić information content (AvgIpc) is 2.35. The molecular weight excluding hydrogens is 236 g/mol. The summed E-state index contributed by atoms with van der Waals surface area (Å²) in [4.78, 5) is 15.9. The van der Waals surface area contributed by atoms with Gasteiger partial charge in [-0.05, 0) is 30.9 Å². The lowest BCUT2D eigenvalue weighted by Crippen LogP contribution is -2.47. The van der Waals surface area contributed by atoms with Crippen molar-refractivity contribution >= 4 is 17.5 Å². The molecule has 1 fully saturated rings. The van der Waals surface area contributed by atoms with E-state index in [2.05, 4.69) is 17.2 Å². The van der Waals surface area contributed by atoms with Crippen molar-refractivity contribution in [2.75, 3.05) is 0 Å². The Morgan fingerprint density at radius 2 is 2.35 bits per heavy atom. The number of rotatable bonds is 2. The quantitative estimate of drug-likeness (QED) is 0.822. The van der Waals surface area contributed by atoms with Gasteiger partial charge in [-0.3, -0.25) is 9.78 Å². The third-order valence-electron chi connectivity index (χ3n) is 3.36. The summed E-state index contributed by atoms with van der Waals surface area (Å²) >= 11 is 6.28. The molecule has 3 atom stereocenters. The zero-order chi connectivity index (χ0) is 12.3. The molecule has 0 aliphatic heterocycles. The maximum atomic E-state index is 12.0. The highest BCUT2D eigenvalue weighted by Crippen LogP contribution is 2.28. The van der Waals surface area contributed by atoms with E-state index >= 15 is 0 Å². The number of nitrogens with one attached hydrogen (secondary N) is 1. The fraction of sp³-hybridized carbons (Fsp3) is 0.538. The van der Waals surface area contributed by atoms with Crippen molar-refractivity contribution in [2.24, 2.45) is 5.92 Å². The van der Waals surface area contributed by atoms with E-state index in [4.69, 9.17) is 11.6 Å². The molecule has 0 aromatic carbocycles. The Hall–Kier alpha value is -1.09. The Kier molecular flexibility index (Phi) is 4.00. The molecular formula is C13H17ClN2O. The van der Waals surface area contributed by atoms with Gasteiger partial charge in [0.25, 0.3) is 5.91 Å². The van der Waals surface area contributed by atoms with Crippen molar-refractivity contribution in [2.45, 2.75) is 37.6 Å². The fourth-order valence-corrected chi connectivity index (χ4v) is 2.78. The number of pyridine rings is 1. The number of carbonyl (C=O) groups is 1. The average molecular weight is 253 g/mol. The summed E-state index contributed by atoms with van der Waals surface area (Å²) in [5, 5.41) is 3.06. The number of hydrogen-bond acceptors (Lipinski definition) is 2. The van der Waals surface area contributed by atoms with Crippen LogP contribution in [0.5, 0.6) is 0 Å². The monoisotopic (exact) mass is 252 g/mol. The SMILES string of the molecule is CC1CCCC(Cl)C1NC(=O)c1cccnc1. The van der Waals surface area contributed by atoms with Crippen LogP contribution >= 0.6 is 11.6 Å². The number of alkyl halides is 1. The molecule has 0 radical (unpaired) electrons. The van der Waals surface area contributed by atoms with E-state index in [9.17, 15) is 4.79 Å². The van der Waals surface area contributed by atoms with E-state index in [0.29, 0.717) is 11.5 Å². The topological polar surface area (TPSA) is 42.0 Å². The van der Waals surface area contributed by atoms with Crippen LogP contribution in [0.3, 0.4) is 0 Å². The lowest BCUT2D eigenvalue weighted by Gasteiger charge is -2.33. The minimum absolute atomic E-state index is 0.0411. The maximum Gasteiger partial charge on any atom is 0.253 e. The first-order valence-electron chi connectivity index (χ1n) is 6.03. The van der Waals surface area contributed by atoms with E-state index in [1.165, 1.54) is 0 Å². The molecule has 1 aromatic rings. The summed E-state index contributed by atoms with van der Waals surface area (Å²) < 4.78 is 0. The Balaban J connectivity index is 2.03. The van der Waals surface area contributed by atoms with Crippen LogP contribution in [0, 0.1) is 5.92 Å². The highest BCUT2D eigenvalue weighted by molar-refractivity contribution is 6.21. The molecule has 1 N–H and O–H groups in total. The number of amides is 1. The van der Waals surface area contributed by atoms with E-state index in [1.807, 2.05) is 0 Å². The second kappa shape index (κ2) is 5.50. The number of hydrogen-bond donors (Lipinski definition) is 1. The Morgan fingerprint density at radius 3 is 3.00 bits per heavy atom. The molecule has 0 bridgehead atoms. The molecule has 1 aromatic heterocycles. The first-order valence-corrected chi connectivity index (χ1v) is 6.47. The minimum Gasteiger partial charge on any atom is -0.348 e. The first-order chi connectivity index (χ1) is 8.18. The summed E-state index contributed by atoms with van der Waals surface area (Å²) in [5.41, 5.74) is 0.592. The molecule has 1 amide bonds. The Morgan fingerprint density at radius 1 is 1.53 bits per heavy atom. The van der Waals surface area contributed by atoms with Gasteiger partial charge in [0.15, 0.2) is 0 Å². The predicted octanol–water partition coefficient (Wildman–Crippen LogP) is 2.61. The fourth-order valence-electron chi connectivity index (χ4n) is 2.31. The third-order valence-corrected chi connectivity index (χ3v) is 3.85. The molecule has 0 saturated heterocycles. The van der Waals surface area contributed by atoms with E-state index < -0.39 is 0 Å². The van der Waals surface area contributed by atoms with Crippen LogP contribution in [0.15, 0.2) is 24.5 Å².